The number of nitrogens with zero attached hydrogens (tertiary/aromatic N) is 2. The molecule has 27 heavy (non-hydrogen) atoms. The Bertz CT molecular complexity index is 1140. The van der Waals surface area contributed by atoms with Gasteiger partial charge in [-0.25, -0.2) is 4.98 Å². The minimum absolute atomic E-state index is 0.177. The number of carbonyl (C=O) groups is 1. The fourth-order valence-electron chi connectivity index (χ4n) is 3.44. The predicted octanol–water partition coefficient (Wildman–Crippen LogP) is 4.65. The Hall–Kier alpha value is -3.15. The van der Waals surface area contributed by atoms with E-state index in [1.807, 2.05) is 50.2 Å². The van der Waals surface area contributed by atoms with Crippen LogP contribution in [0.4, 0.5) is 0 Å². The molecule has 1 N–H and O–H groups in total. The van der Waals surface area contributed by atoms with Crippen molar-refractivity contribution >= 4 is 28.0 Å². The van der Waals surface area contributed by atoms with E-state index >= 15 is 0 Å². The second-order valence-corrected chi connectivity index (χ2v) is 7.20. The number of nitrogens with one attached hydrogen (secondary N) is 1. The standard InChI is InChI=1S/C21H19N3O3/c1-11(18-9-14-5-3-4-6-17(14)26-18)22-20(25)15-10-16(13-7-8-13)23-21-19(15)12(2)24-27-21/h3-6,9-11,13H,7-8H2,1-2H3,(H,22,25)/t11-/m0/s1. The second-order valence-electron chi connectivity index (χ2n) is 7.20. The summed E-state index contributed by atoms with van der Waals surface area (Å²) in [5.74, 6) is 0.960. The topological polar surface area (TPSA) is 81.2 Å². The number of carbonyl (C=O) groups excluding carboxylic acids is 1. The monoisotopic (exact) mass is 361 g/mol. The van der Waals surface area contributed by atoms with Crippen LogP contribution in [0.15, 0.2) is 45.3 Å². The van der Waals surface area contributed by atoms with Crippen molar-refractivity contribution in [2.75, 3.05) is 0 Å². The highest BCUT2D eigenvalue weighted by Gasteiger charge is 2.29. The van der Waals surface area contributed by atoms with Gasteiger partial charge in [-0.3, -0.25) is 4.79 Å². The normalized spacial score (nSPS) is 15.3. The maximum atomic E-state index is 13.1. The molecule has 6 heteroatoms. The van der Waals surface area contributed by atoms with E-state index in [0.29, 0.717) is 28.3 Å². The maximum Gasteiger partial charge on any atom is 0.259 e. The van der Waals surface area contributed by atoms with Crippen LogP contribution >= 0.6 is 0 Å². The fraction of sp³-hybridized carbons (Fsp3) is 0.286. The Morgan fingerprint density at radius 1 is 1.26 bits per heavy atom. The zero-order valence-electron chi connectivity index (χ0n) is 15.2. The van der Waals surface area contributed by atoms with Gasteiger partial charge >= 0.3 is 0 Å². The molecule has 1 atom stereocenters. The first kappa shape index (κ1) is 16.1. The van der Waals surface area contributed by atoms with Crippen molar-refractivity contribution in [2.45, 2.75) is 38.6 Å². The molecule has 0 bridgehead atoms. The van der Waals surface area contributed by atoms with Crippen molar-refractivity contribution in [3.8, 4) is 0 Å². The second kappa shape index (κ2) is 5.94. The third-order valence-electron chi connectivity index (χ3n) is 5.10. The number of aryl methyl sites for hydroxylation is 1. The molecule has 3 heterocycles. The molecule has 1 fully saturated rings. The van der Waals surface area contributed by atoms with Gasteiger partial charge in [0.15, 0.2) is 0 Å². The molecule has 1 aliphatic rings. The molecule has 1 aromatic carbocycles. The van der Waals surface area contributed by atoms with Crippen LogP contribution in [-0.4, -0.2) is 16.0 Å². The van der Waals surface area contributed by atoms with Crippen LogP contribution < -0.4 is 5.32 Å². The summed E-state index contributed by atoms with van der Waals surface area (Å²) in [5.41, 5.74) is 3.37. The molecule has 5 rings (SSSR count). The van der Waals surface area contributed by atoms with Crippen LogP contribution in [-0.2, 0) is 0 Å². The zero-order chi connectivity index (χ0) is 18.5. The van der Waals surface area contributed by atoms with Gasteiger partial charge in [-0.2, -0.15) is 0 Å². The molecule has 0 unspecified atom stereocenters. The zero-order valence-corrected chi connectivity index (χ0v) is 15.2. The van der Waals surface area contributed by atoms with E-state index in [9.17, 15) is 4.79 Å². The van der Waals surface area contributed by atoms with E-state index in [1.165, 1.54) is 0 Å². The maximum absolute atomic E-state index is 13.1. The number of pyridine rings is 1. The van der Waals surface area contributed by atoms with Crippen LogP contribution in [0.3, 0.4) is 0 Å². The summed E-state index contributed by atoms with van der Waals surface area (Å²) in [6, 6.07) is 11.4. The number of aromatic nitrogens is 2. The van der Waals surface area contributed by atoms with Gasteiger partial charge < -0.3 is 14.3 Å². The molecule has 0 saturated heterocycles. The smallest absolute Gasteiger partial charge is 0.259 e. The lowest BCUT2D eigenvalue weighted by molar-refractivity contribution is 0.0937. The Morgan fingerprint density at radius 3 is 2.85 bits per heavy atom. The van der Waals surface area contributed by atoms with Crippen molar-refractivity contribution in [1.82, 2.24) is 15.5 Å². The lowest BCUT2D eigenvalue weighted by Gasteiger charge is -2.12. The highest BCUT2D eigenvalue weighted by molar-refractivity contribution is 6.06. The van der Waals surface area contributed by atoms with Crippen molar-refractivity contribution in [2.24, 2.45) is 0 Å². The first-order chi connectivity index (χ1) is 13.1. The third kappa shape index (κ3) is 2.77. The van der Waals surface area contributed by atoms with Crippen LogP contribution in [0.5, 0.6) is 0 Å². The van der Waals surface area contributed by atoms with Crippen LogP contribution in [0.1, 0.15) is 59.2 Å². The summed E-state index contributed by atoms with van der Waals surface area (Å²) < 4.78 is 11.2. The van der Waals surface area contributed by atoms with Gasteiger partial charge in [-0.15, -0.1) is 0 Å². The number of amides is 1. The van der Waals surface area contributed by atoms with Gasteiger partial charge in [0.1, 0.15) is 11.3 Å². The molecule has 1 saturated carbocycles. The van der Waals surface area contributed by atoms with E-state index in [2.05, 4.69) is 15.5 Å². The summed E-state index contributed by atoms with van der Waals surface area (Å²) in [6.07, 6.45) is 2.20. The number of hydrogen-bond donors (Lipinski definition) is 1. The van der Waals surface area contributed by atoms with Gasteiger partial charge in [0.25, 0.3) is 11.6 Å². The van der Waals surface area contributed by atoms with Gasteiger partial charge in [0.05, 0.1) is 22.7 Å². The average Bonchev–Trinajstić information content (AvgIpc) is 3.32. The molecule has 136 valence electrons. The molecular weight excluding hydrogens is 342 g/mol. The highest BCUT2D eigenvalue weighted by atomic mass is 16.5. The largest absolute Gasteiger partial charge is 0.459 e. The van der Waals surface area contributed by atoms with E-state index < -0.39 is 0 Å². The van der Waals surface area contributed by atoms with Crippen molar-refractivity contribution in [3.05, 3.63) is 59.1 Å². The van der Waals surface area contributed by atoms with Gasteiger partial charge in [0, 0.05) is 17.0 Å². The number of hydrogen-bond acceptors (Lipinski definition) is 5. The predicted molar refractivity (Wildman–Crippen MR) is 101 cm³/mol. The summed E-state index contributed by atoms with van der Waals surface area (Å²) in [7, 11) is 0. The Kier molecular flexibility index (Phi) is 3.53. The van der Waals surface area contributed by atoms with Crippen LogP contribution in [0.2, 0.25) is 0 Å². The van der Waals surface area contributed by atoms with E-state index in [1.54, 1.807) is 0 Å². The van der Waals surface area contributed by atoms with Crippen molar-refractivity contribution in [3.63, 3.8) is 0 Å². The fourth-order valence-corrected chi connectivity index (χ4v) is 3.44. The molecule has 0 radical (unpaired) electrons. The van der Waals surface area contributed by atoms with E-state index in [-0.39, 0.29) is 11.9 Å². The molecule has 0 aliphatic heterocycles. The van der Waals surface area contributed by atoms with Gasteiger partial charge in [-0.05, 0) is 44.9 Å². The minimum atomic E-state index is -0.266. The summed E-state index contributed by atoms with van der Waals surface area (Å²) in [6.45, 7) is 3.74. The Labute approximate surface area is 155 Å². The Morgan fingerprint density at radius 2 is 2.07 bits per heavy atom. The molecule has 1 amide bonds. The minimum Gasteiger partial charge on any atom is -0.459 e. The lowest BCUT2D eigenvalue weighted by atomic mass is 10.1. The van der Waals surface area contributed by atoms with Crippen molar-refractivity contribution in [1.29, 1.82) is 0 Å². The quantitative estimate of drug-likeness (QED) is 0.572. The number of rotatable bonds is 4. The summed E-state index contributed by atoms with van der Waals surface area (Å²) in [5, 5.41) is 8.72. The molecule has 1 aliphatic carbocycles. The molecule has 3 aromatic heterocycles. The number of furan rings is 1. The molecular formula is C21H19N3O3. The summed E-state index contributed by atoms with van der Waals surface area (Å²) >= 11 is 0. The molecule has 0 spiro atoms. The lowest BCUT2D eigenvalue weighted by Crippen LogP contribution is -2.26. The molecule has 6 nitrogen and oxygen atoms in total. The van der Waals surface area contributed by atoms with Gasteiger partial charge in [-0.1, -0.05) is 23.4 Å². The average molecular weight is 361 g/mol. The van der Waals surface area contributed by atoms with Crippen LogP contribution in [0, 0.1) is 6.92 Å². The number of fused-ring (bicyclic) bond motifs is 2. The Balaban J connectivity index is 1.49. The van der Waals surface area contributed by atoms with Crippen LogP contribution in [0.25, 0.3) is 22.1 Å². The first-order valence-corrected chi connectivity index (χ1v) is 9.16. The molecule has 4 aromatic rings. The third-order valence-corrected chi connectivity index (χ3v) is 5.10. The van der Waals surface area contributed by atoms with Gasteiger partial charge in [0.2, 0.25) is 0 Å². The SMILES string of the molecule is Cc1noc2nc(C3CC3)cc(C(=O)N[C@@H](C)c3cc4ccccc4o3)c12. The number of benzene rings is 1. The van der Waals surface area contributed by atoms with E-state index in [0.717, 1.165) is 35.3 Å². The first-order valence-electron chi connectivity index (χ1n) is 9.16. The number of para-hydroxylation sites is 1. The summed E-state index contributed by atoms with van der Waals surface area (Å²) in [4.78, 5) is 17.6. The highest BCUT2D eigenvalue weighted by Crippen LogP contribution is 2.40. The van der Waals surface area contributed by atoms with E-state index in [4.69, 9.17) is 8.94 Å². The van der Waals surface area contributed by atoms with Crippen molar-refractivity contribution < 1.29 is 13.7 Å².